The molecule has 3 nitrogen and oxygen atoms in total. The van der Waals surface area contributed by atoms with Crippen LogP contribution >= 0.6 is 11.6 Å². The highest BCUT2D eigenvalue weighted by Gasteiger charge is 2.10. The second-order valence-corrected chi connectivity index (χ2v) is 4.74. The topological polar surface area (TPSA) is 42.4 Å². The van der Waals surface area contributed by atoms with E-state index in [2.05, 4.69) is 4.98 Å². The van der Waals surface area contributed by atoms with Crippen molar-refractivity contribution in [1.29, 1.82) is 0 Å². The Morgan fingerprint density at radius 2 is 1.80 bits per heavy atom. The average Bonchev–Trinajstić information content (AvgIpc) is 2.49. The number of aromatic nitrogens is 1. The summed E-state index contributed by atoms with van der Waals surface area (Å²) in [6, 6.07) is 16.7. The van der Waals surface area contributed by atoms with Gasteiger partial charge in [-0.3, -0.25) is 0 Å². The number of para-hydroxylation sites is 2. The number of aliphatic hydroxyl groups excluding tert-OH is 1. The van der Waals surface area contributed by atoms with Crippen LogP contribution in [-0.2, 0) is 6.61 Å². The van der Waals surface area contributed by atoms with E-state index in [0.29, 0.717) is 22.2 Å². The number of halogens is 1. The number of nitrogens with zero attached hydrogens (tertiary/aromatic N) is 1. The molecule has 0 spiro atoms. The predicted molar refractivity (Wildman–Crippen MR) is 79.2 cm³/mol. The van der Waals surface area contributed by atoms with Gasteiger partial charge >= 0.3 is 0 Å². The molecule has 20 heavy (non-hydrogen) atoms. The minimum atomic E-state index is -0.141. The van der Waals surface area contributed by atoms with E-state index in [0.717, 1.165) is 10.9 Å². The SMILES string of the molecule is OCc1cc2ccccc2nc1Oc1ccccc1Cl. The quantitative estimate of drug-likeness (QED) is 0.785. The predicted octanol–water partition coefficient (Wildman–Crippen LogP) is 4.17. The van der Waals surface area contributed by atoms with Gasteiger partial charge in [0.2, 0.25) is 5.88 Å². The van der Waals surface area contributed by atoms with E-state index in [1.54, 1.807) is 12.1 Å². The average molecular weight is 286 g/mol. The van der Waals surface area contributed by atoms with Gasteiger partial charge in [-0.15, -0.1) is 0 Å². The molecule has 0 atom stereocenters. The Hall–Kier alpha value is -2.10. The molecule has 100 valence electrons. The van der Waals surface area contributed by atoms with Gasteiger partial charge in [0, 0.05) is 10.9 Å². The van der Waals surface area contributed by atoms with Crippen molar-refractivity contribution < 1.29 is 9.84 Å². The minimum Gasteiger partial charge on any atom is -0.437 e. The van der Waals surface area contributed by atoms with Crippen molar-refractivity contribution in [2.45, 2.75) is 6.61 Å². The molecule has 0 unspecified atom stereocenters. The molecule has 0 aliphatic carbocycles. The van der Waals surface area contributed by atoms with Crippen LogP contribution in [0.25, 0.3) is 10.9 Å². The summed E-state index contributed by atoms with van der Waals surface area (Å²) >= 11 is 6.07. The molecule has 0 aliphatic heterocycles. The van der Waals surface area contributed by atoms with Crippen LogP contribution in [-0.4, -0.2) is 10.1 Å². The maximum Gasteiger partial charge on any atom is 0.225 e. The minimum absolute atomic E-state index is 0.141. The van der Waals surface area contributed by atoms with Crippen LogP contribution in [0.3, 0.4) is 0 Å². The highest BCUT2D eigenvalue weighted by Crippen LogP contribution is 2.31. The van der Waals surface area contributed by atoms with Gasteiger partial charge in [-0.1, -0.05) is 41.9 Å². The zero-order valence-corrected chi connectivity index (χ0v) is 11.3. The van der Waals surface area contributed by atoms with Gasteiger partial charge in [-0.05, 0) is 24.3 Å². The lowest BCUT2D eigenvalue weighted by molar-refractivity contribution is 0.275. The van der Waals surface area contributed by atoms with Gasteiger partial charge in [-0.25, -0.2) is 4.98 Å². The number of ether oxygens (including phenoxy) is 1. The maximum absolute atomic E-state index is 9.47. The molecule has 0 radical (unpaired) electrons. The van der Waals surface area contributed by atoms with Gasteiger partial charge in [0.25, 0.3) is 0 Å². The van der Waals surface area contributed by atoms with E-state index in [1.165, 1.54) is 0 Å². The molecule has 1 heterocycles. The van der Waals surface area contributed by atoms with Crippen LogP contribution in [0.5, 0.6) is 11.6 Å². The molecule has 3 aromatic rings. The number of hydrogen-bond acceptors (Lipinski definition) is 3. The summed E-state index contributed by atoms with van der Waals surface area (Å²) in [6.07, 6.45) is 0. The summed E-state index contributed by atoms with van der Waals surface area (Å²) in [5.74, 6) is 0.894. The first-order valence-electron chi connectivity index (χ1n) is 6.20. The van der Waals surface area contributed by atoms with Crippen molar-refractivity contribution in [3.63, 3.8) is 0 Å². The van der Waals surface area contributed by atoms with Crippen LogP contribution in [0.15, 0.2) is 54.6 Å². The Morgan fingerprint density at radius 3 is 2.60 bits per heavy atom. The first-order chi connectivity index (χ1) is 9.78. The van der Waals surface area contributed by atoms with Gasteiger partial charge in [-0.2, -0.15) is 0 Å². The third-order valence-electron chi connectivity index (χ3n) is 2.98. The smallest absolute Gasteiger partial charge is 0.225 e. The number of fused-ring (bicyclic) bond motifs is 1. The summed E-state index contributed by atoms with van der Waals surface area (Å²) in [5.41, 5.74) is 1.44. The summed E-state index contributed by atoms with van der Waals surface area (Å²) < 4.78 is 5.74. The molecule has 0 amide bonds. The third-order valence-corrected chi connectivity index (χ3v) is 3.29. The zero-order chi connectivity index (χ0) is 13.9. The largest absolute Gasteiger partial charge is 0.437 e. The molecule has 0 saturated carbocycles. The highest BCUT2D eigenvalue weighted by atomic mass is 35.5. The van der Waals surface area contributed by atoms with Crippen molar-refractivity contribution in [1.82, 2.24) is 4.98 Å². The Morgan fingerprint density at radius 1 is 1.05 bits per heavy atom. The normalized spacial score (nSPS) is 10.7. The highest BCUT2D eigenvalue weighted by molar-refractivity contribution is 6.32. The van der Waals surface area contributed by atoms with Crippen LogP contribution in [0.4, 0.5) is 0 Å². The Kier molecular flexibility index (Phi) is 3.54. The lowest BCUT2D eigenvalue weighted by Gasteiger charge is -2.11. The first kappa shape index (κ1) is 12.9. The van der Waals surface area contributed by atoms with E-state index < -0.39 is 0 Å². The van der Waals surface area contributed by atoms with Gasteiger partial charge in [0.05, 0.1) is 17.1 Å². The van der Waals surface area contributed by atoms with Crippen molar-refractivity contribution in [3.05, 3.63) is 65.2 Å². The molecule has 1 aromatic heterocycles. The summed E-state index contributed by atoms with van der Waals surface area (Å²) in [5, 5.41) is 10.9. The van der Waals surface area contributed by atoms with Crippen molar-refractivity contribution >= 4 is 22.5 Å². The van der Waals surface area contributed by atoms with Crippen molar-refractivity contribution in [2.75, 3.05) is 0 Å². The number of hydrogen-bond donors (Lipinski definition) is 1. The lowest BCUT2D eigenvalue weighted by Crippen LogP contribution is -1.96. The molecular formula is C16H12ClNO2. The van der Waals surface area contributed by atoms with Crippen LogP contribution in [0, 0.1) is 0 Å². The summed E-state index contributed by atoms with van der Waals surface area (Å²) in [6.45, 7) is -0.141. The van der Waals surface area contributed by atoms with Crippen molar-refractivity contribution in [2.24, 2.45) is 0 Å². The molecule has 0 saturated heterocycles. The molecule has 0 aliphatic rings. The Balaban J connectivity index is 2.08. The Labute approximate surface area is 121 Å². The van der Waals surface area contributed by atoms with Gasteiger partial charge in [0.1, 0.15) is 5.75 Å². The standard InChI is InChI=1S/C16H12ClNO2/c17-13-6-2-4-8-15(13)20-16-12(10-19)9-11-5-1-3-7-14(11)18-16/h1-9,19H,10H2. The van der Waals surface area contributed by atoms with Gasteiger partial charge in [0.15, 0.2) is 0 Å². The fourth-order valence-corrected chi connectivity index (χ4v) is 2.15. The zero-order valence-electron chi connectivity index (χ0n) is 10.6. The van der Waals surface area contributed by atoms with E-state index in [1.807, 2.05) is 42.5 Å². The fraction of sp³-hybridized carbons (Fsp3) is 0.0625. The van der Waals surface area contributed by atoms with Crippen LogP contribution in [0.1, 0.15) is 5.56 Å². The molecule has 2 aromatic carbocycles. The summed E-state index contributed by atoms with van der Waals surface area (Å²) in [7, 11) is 0. The molecule has 3 rings (SSSR count). The van der Waals surface area contributed by atoms with E-state index >= 15 is 0 Å². The number of rotatable bonds is 3. The molecule has 1 N–H and O–H groups in total. The monoisotopic (exact) mass is 285 g/mol. The van der Waals surface area contributed by atoms with E-state index in [4.69, 9.17) is 16.3 Å². The van der Waals surface area contributed by atoms with Crippen LogP contribution in [0.2, 0.25) is 5.02 Å². The van der Waals surface area contributed by atoms with E-state index in [-0.39, 0.29) is 6.61 Å². The number of aliphatic hydroxyl groups is 1. The third kappa shape index (κ3) is 2.46. The second-order valence-electron chi connectivity index (χ2n) is 4.34. The molecule has 0 fully saturated rings. The maximum atomic E-state index is 9.47. The lowest BCUT2D eigenvalue weighted by atomic mass is 10.1. The number of benzene rings is 2. The van der Waals surface area contributed by atoms with Crippen LogP contribution < -0.4 is 4.74 Å². The molecular weight excluding hydrogens is 274 g/mol. The molecule has 4 heteroatoms. The van der Waals surface area contributed by atoms with Crippen molar-refractivity contribution in [3.8, 4) is 11.6 Å². The van der Waals surface area contributed by atoms with Gasteiger partial charge < -0.3 is 9.84 Å². The first-order valence-corrected chi connectivity index (χ1v) is 6.57. The van der Waals surface area contributed by atoms with E-state index in [9.17, 15) is 5.11 Å². The Bertz CT molecular complexity index is 758. The molecule has 0 bridgehead atoms. The fourth-order valence-electron chi connectivity index (χ4n) is 1.98. The number of pyridine rings is 1. The second kappa shape index (κ2) is 5.49. The summed E-state index contributed by atoms with van der Waals surface area (Å²) in [4.78, 5) is 4.44.